The van der Waals surface area contributed by atoms with Crippen LogP contribution in [0.15, 0.2) is 182 Å². The normalized spacial score (nSPS) is 18.4. The van der Waals surface area contributed by atoms with E-state index in [1.807, 2.05) is 0 Å². The van der Waals surface area contributed by atoms with Crippen LogP contribution >= 0.6 is 0 Å². The number of benzene rings is 7. The molecule has 0 nitrogen and oxygen atoms in total. The maximum atomic E-state index is 2.48. The first-order valence-electron chi connectivity index (χ1n) is 18.0. The standard InChI is InChI=1S/C51H36/c1-4-16-34(17-5-1)49-43-25-13-10-22-37(43)31-46(49)40-28-41(47-32-38-23-11-14-26-44(38)50(47)35-18-6-2-7-19-35)30-42(29-40)48-33-39-24-12-15-27-45(39)51(48)36-20-8-3-9-21-36/h1-33,49-51H. The van der Waals surface area contributed by atoms with E-state index in [2.05, 4.69) is 200 Å². The largest absolute Gasteiger partial charge is 0.0622 e. The van der Waals surface area contributed by atoms with E-state index in [1.54, 1.807) is 0 Å². The molecule has 0 fully saturated rings. The van der Waals surface area contributed by atoms with Crippen molar-refractivity contribution in [3.63, 3.8) is 0 Å². The summed E-state index contributed by atoms with van der Waals surface area (Å²) in [7, 11) is 0. The van der Waals surface area contributed by atoms with Gasteiger partial charge in [0.15, 0.2) is 0 Å². The van der Waals surface area contributed by atoms with Gasteiger partial charge in [0.1, 0.15) is 0 Å². The first-order chi connectivity index (χ1) is 25.3. The van der Waals surface area contributed by atoms with E-state index in [-0.39, 0.29) is 17.8 Å². The molecule has 0 heterocycles. The van der Waals surface area contributed by atoms with Crippen molar-refractivity contribution < 1.29 is 0 Å². The lowest BCUT2D eigenvalue weighted by atomic mass is 9.79. The Morgan fingerprint density at radius 2 is 0.510 bits per heavy atom. The number of fused-ring (bicyclic) bond motifs is 3. The first-order valence-corrected chi connectivity index (χ1v) is 18.0. The molecule has 0 aromatic heterocycles. The number of hydrogen-bond acceptors (Lipinski definition) is 0. The monoisotopic (exact) mass is 648 g/mol. The van der Waals surface area contributed by atoms with Crippen LogP contribution in [0, 0.1) is 0 Å². The van der Waals surface area contributed by atoms with Crippen molar-refractivity contribution in [2.24, 2.45) is 0 Å². The summed E-state index contributed by atoms with van der Waals surface area (Å²) in [6.07, 6.45) is 7.32. The van der Waals surface area contributed by atoms with Crippen LogP contribution in [-0.2, 0) is 0 Å². The van der Waals surface area contributed by atoms with E-state index in [0.717, 1.165) is 0 Å². The van der Waals surface area contributed by atoms with Gasteiger partial charge in [-0.25, -0.2) is 0 Å². The highest BCUT2D eigenvalue weighted by molar-refractivity contribution is 6.00. The topological polar surface area (TPSA) is 0 Å². The molecule has 0 bridgehead atoms. The highest BCUT2D eigenvalue weighted by Gasteiger charge is 2.33. The van der Waals surface area contributed by atoms with Crippen LogP contribution in [0.2, 0.25) is 0 Å². The Morgan fingerprint density at radius 1 is 0.255 bits per heavy atom. The second-order valence-corrected chi connectivity index (χ2v) is 14.0. The molecule has 0 aliphatic heterocycles. The van der Waals surface area contributed by atoms with Gasteiger partial charge in [0.05, 0.1) is 0 Å². The van der Waals surface area contributed by atoms with Gasteiger partial charge < -0.3 is 0 Å². The molecule has 0 saturated carbocycles. The van der Waals surface area contributed by atoms with E-state index in [1.165, 1.54) is 83.5 Å². The van der Waals surface area contributed by atoms with Crippen molar-refractivity contribution in [3.8, 4) is 0 Å². The molecule has 0 spiro atoms. The van der Waals surface area contributed by atoms with Crippen molar-refractivity contribution in [1.29, 1.82) is 0 Å². The molecule has 0 N–H and O–H groups in total. The third kappa shape index (κ3) is 5.06. The van der Waals surface area contributed by atoms with Gasteiger partial charge >= 0.3 is 0 Å². The number of allylic oxidation sites excluding steroid dienone is 3. The lowest BCUT2D eigenvalue weighted by Crippen LogP contribution is -2.06. The molecule has 0 radical (unpaired) electrons. The van der Waals surface area contributed by atoms with Gasteiger partial charge in [-0.2, -0.15) is 0 Å². The van der Waals surface area contributed by atoms with Gasteiger partial charge in [0.25, 0.3) is 0 Å². The molecule has 0 heteroatoms. The summed E-state index contributed by atoms with van der Waals surface area (Å²) >= 11 is 0. The molecular weight excluding hydrogens is 613 g/mol. The molecule has 7 aromatic carbocycles. The molecule has 240 valence electrons. The van der Waals surface area contributed by atoms with Gasteiger partial charge in [-0.1, -0.05) is 164 Å². The minimum absolute atomic E-state index is 0.157. The molecule has 3 aliphatic carbocycles. The van der Waals surface area contributed by atoms with E-state index in [4.69, 9.17) is 0 Å². The molecule has 0 amide bonds. The Bertz CT molecular complexity index is 2220. The average Bonchev–Trinajstić information content (AvgIpc) is 3.91. The molecule has 3 aliphatic rings. The maximum Gasteiger partial charge on any atom is 0.0352 e. The van der Waals surface area contributed by atoms with E-state index >= 15 is 0 Å². The maximum absolute atomic E-state index is 2.48. The lowest BCUT2D eigenvalue weighted by Gasteiger charge is -2.24. The highest BCUT2D eigenvalue weighted by Crippen LogP contribution is 2.52. The predicted octanol–water partition coefficient (Wildman–Crippen LogP) is 12.7. The summed E-state index contributed by atoms with van der Waals surface area (Å²) < 4.78 is 0. The summed E-state index contributed by atoms with van der Waals surface area (Å²) in [6, 6.07) is 67.3. The van der Waals surface area contributed by atoms with Crippen molar-refractivity contribution in [2.75, 3.05) is 0 Å². The fourth-order valence-electron chi connectivity index (χ4n) is 8.86. The third-order valence-corrected chi connectivity index (χ3v) is 11.1. The van der Waals surface area contributed by atoms with Crippen LogP contribution in [0.3, 0.4) is 0 Å². The SMILES string of the molecule is C1=C(c2cc(C3=Cc4ccccc4C3c3ccccc3)cc(C3=Cc4ccccc4C3c3ccccc3)c2)C(c2ccccc2)c2ccccc21. The van der Waals surface area contributed by atoms with E-state index < -0.39 is 0 Å². The predicted molar refractivity (Wildman–Crippen MR) is 214 cm³/mol. The number of rotatable bonds is 6. The van der Waals surface area contributed by atoms with Crippen LogP contribution in [0.5, 0.6) is 0 Å². The van der Waals surface area contributed by atoms with Crippen molar-refractivity contribution >= 4 is 34.9 Å². The summed E-state index contributed by atoms with van der Waals surface area (Å²) in [5, 5.41) is 0. The highest BCUT2D eigenvalue weighted by atomic mass is 14.4. The number of hydrogen-bond donors (Lipinski definition) is 0. The zero-order chi connectivity index (χ0) is 33.7. The van der Waals surface area contributed by atoms with Gasteiger partial charge in [-0.3, -0.25) is 0 Å². The lowest BCUT2D eigenvalue weighted by molar-refractivity contribution is 1.05. The zero-order valence-electron chi connectivity index (χ0n) is 28.3. The Labute approximate surface area is 300 Å². The molecule has 3 atom stereocenters. The molecule has 10 rings (SSSR count). The summed E-state index contributed by atoms with van der Waals surface area (Å²) in [5.41, 5.74) is 19.9. The fourth-order valence-corrected chi connectivity index (χ4v) is 8.86. The third-order valence-electron chi connectivity index (χ3n) is 11.1. The molecule has 3 unspecified atom stereocenters. The van der Waals surface area contributed by atoms with Crippen molar-refractivity contribution in [2.45, 2.75) is 17.8 Å². The Morgan fingerprint density at radius 3 is 0.804 bits per heavy atom. The fraction of sp³-hybridized carbons (Fsp3) is 0.0588. The quantitative estimate of drug-likeness (QED) is 0.168. The van der Waals surface area contributed by atoms with Crippen LogP contribution in [0.4, 0.5) is 0 Å². The summed E-state index contributed by atoms with van der Waals surface area (Å²) in [4.78, 5) is 0. The smallest absolute Gasteiger partial charge is 0.0352 e. The summed E-state index contributed by atoms with van der Waals surface area (Å²) in [6.45, 7) is 0. The van der Waals surface area contributed by atoms with Crippen LogP contribution in [0.1, 0.15) is 84.5 Å². The second kappa shape index (κ2) is 12.3. The van der Waals surface area contributed by atoms with E-state index in [9.17, 15) is 0 Å². The molecule has 51 heavy (non-hydrogen) atoms. The molecule has 0 saturated heterocycles. The average molecular weight is 649 g/mol. The molecule has 7 aromatic rings. The minimum Gasteiger partial charge on any atom is -0.0622 e. The van der Waals surface area contributed by atoms with Gasteiger partial charge in [-0.05, 0) is 120 Å². The second-order valence-electron chi connectivity index (χ2n) is 14.0. The van der Waals surface area contributed by atoms with Gasteiger partial charge in [0.2, 0.25) is 0 Å². The first kappa shape index (κ1) is 29.7. The molecular formula is C51H36. The zero-order valence-corrected chi connectivity index (χ0v) is 28.3. The Balaban J connectivity index is 1.21. The van der Waals surface area contributed by atoms with Gasteiger partial charge in [-0.15, -0.1) is 0 Å². The van der Waals surface area contributed by atoms with Crippen LogP contribution in [-0.4, -0.2) is 0 Å². The minimum atomic E-state index is 0.157. The van der Waals surface area contributed by atoms with E-state index in [0.29, 0.717) is 0 Å². The van der Waals surface area contributed by atoms with Crippen LogP contribution in [0.25, 0.3) is 34.9 Å². The Hall–Kier alpha value is -6.24. The van der Waals surface area contributed by atoms with Crippen molar-refractivity contribution in [1.82, 2.24) is 0 Å². The van der Waals surface area contributed by atoms with Gasteiger partial charge in [0, 0.05) is 17.8 Å². The Kier molecular flexibility index (Phi) is 7.13. The van der Waals surface area contributed by atoms with Crippen LogP contribution < -0.4 is 0 Å². The summed E-state index contributed by atoms with van der Waals surface area (Å²) in [5.74, 6) is 0.472. The van der Waals surface area contributed by atoms with Crippen molar-refractivity contribution in [3.05, 3.63) is 249 Å².